The molecule has 0 amide bonds. The van der Waals surface area contributed by atoms with Crippen molar-refractivity contribution in [3.8, 4) is 11.3 Å². The van der Waals surface area contributed by atoms with Crippen molar-refractivity contribution < 1.29 is 8.42 Å². The molecule has 9 heteroatoms. The molecule has 8 nitrogen and oxygen atoms in total. The van der Waals surface area contributed by atoms with E-state index in [1.54, 1.807) is 26.5 Å². The first-order valence-electron chi connectivity index (χ1n) is 8.32. The summed E-state index contributed by atoms with van der Waals surface area (Å²) in [6.45, 7) is 4.84. The van der Waals surface area contributed by atoms with Crippen LogP contribution in [-0.2, 0) is 10.2 Å². The van der Waals surface area contributed by atoms with Crippen LogP contribution in [0, 0.1) is 13.8 Å². The van der Waals surface area contributed by atoms with Crippen molar-refractivity contribution in [1.82, 2.24) is 28.8 Å². The highest BCUT2D eigenvalue weighted by molar-refractivity contribution is 7.86. The average Bonchev–Trinajstić information content (AvgIpc) is 2.93. The summed E-state index contributed by atoms with van der Waals surface area (Å²) in [5.41, 5.74) is 4.39. The van der Waals surface area contributed by atoms with Crippen LogP contribution < -0.4 is 0 Å². The van der Waals surface area contributed by atoms with Crippen molar-refractivity contribution in [1.29, 1.82) is 0 Å². The third-order valence-corrected chi connectivity index (χ3v) is 6.56. The van der Waals surface area contributed by atoms with Gasteiger partial charge in [-0.1, -0.05) is 0 Å². The van der Waals surface area contributed by atoms with Gasteiger partial charge in [0.15, 0.2) is 0 Å². The molecule has 1 aliphatic rings. The number of hydrogen-bond acceptors (Lipinski definition) is 5. The molecule has 136 valence electrons. The zero-order valence-corrected chi connectivity index (χ0v) is 15.8. The van der Waals surface area contributed by atoms with Crippen LogP contribution in [0.5, 0.6) is 0 Å². The molecule has 0 aromatic carbocycles. The van der Waals surface area contributed by atoms with E-state index in [0.717, 1.165) is 41.2 Å². The van der Waals surface area contributed by atoms with Gasteiger partial charge in [-0.3, -0.25) is 15.1 Å². The lowest BCUT2D eigenvalue weighted by atomic mass is 9.92. The number of aromatic nitrogens is 4. The molecule has 3 rings (SSSR count). The number of hydrogen-bond donors (Lipinski definition) is 1. The molecule has 2 aromatic rings. The zero-order valence-electron chi connectivity index (χ0n) is 15.0. The minimum absolute atomic E-state index is 0.0147. The number of aromatic amines is 1. The fourth-order valence-electron chi connectivity index (χ4n) is 3.35. The van der Waals surface area contributed by atoms with E-state index >= 15 is 0 Å². The van der Waals surface area contributed by atoms with Gasteiger partial charge >= 0.3 is 0 Å². The van der Waals surface area contributed by atoms with E-state index in [0.29, 0.717) is 13.1 Å². The number of piperidine rings is 1. The number of nitrogens with zero attached hydrogens (tertiary/aromatic N) is 5. The molecular weight excluding hydrogens is 340 g/mol. The maximum Gasteiger partial charge on any atom is 0.281 e. The van der Waals surface area contributed by atoms with Gasteiger partial charge in [-0.15, -0.1) is 0 Å². The molecule has 0 radical (unpaired) electrons. The van der Waals surface area contributed by atoms with Crippen molar-refractivity contribution >= 4 is 10.2 Å². The quantitative estimate of drug-likeness (QED) is 0.886. The molecule has 0 unspecified atom stereocenters. The van der Waals surface area contributed by atoms with E-state index in [4.69, 9.17) is 0 Å². The second kappa shape index (κ2) is 6.81. The summed E-state index contributed by atoms with van der Waals surface area (Å²) in [6.07, 6.45) is 5.03. The van der Waals surface area contributed by atoms with Crippen molar-refractivity contribution in [2.24, 2.45) is 0 Å². The Kier molecular flexibility index (Phi) is 4.90. The highest BCUT2D eigenvalue weighted by Gasteiger charge is 2.33. The molecule has 0 bridgehead atoms. The molecule has 3 heterocycles. The predicted molar refractivity (Wildman–Crippen MR) is 95.2 cm³/mol. The van der Waals surface area contributed by atoms with Crippen LogP contribution in [0.2, 0.25) is 0 Å². The van der Waals surface area contributed by atoms with Crippen molar-refractivity contribution in [2.45, 2.75) is 32.6 Å². The van der Waals surface area contributed by atoms with Crippen molar-refractivity contribution in [2.75, 3.05) is 27.2 Å². The maximum atomic E-state index is 12.5. The summed E-state index contributed by atoms with van der Waals surface area (Å²) in [7, 11) is -0.303. The highest BCUT2D eigenvalue weighted by Crippen LogP contribution is 2.34. The molecule has 0 saturated carbocycles. The Labute approximate surface area is 148 Å². The number of aryl methyl sites for hydroxylation is 2. The van der Waals surface area contributed by atoms with E-state index in [9.17, 15) is 8.42 Å². The Bertz CT molecular complexity index is 842. The second-order valence-electron chi connectivity index (χ2n) is 6.59. The Morgan fingerprint density at radius 1 is 1.24 bits per heavy atom. The molecule has 25 heavy (non-hydrogen) atoms. The smallest absolute Gasteiger partial charge is 0.281 e. The minimum Gasteiger partial charge on any atom is -0.282 e. The van der Waals surface area contributed by atoms with Crippen LogP contribution in [0.15, 0.2) is 12.4 Å². The Morgan fingerprint density at radius 2 is 1.96 bits per heavy atom. The first-order valence-corrected chi connectivity index (χ1v) is 9.72. The van der Waals surface area contributed by atoms with E-state index in [-0.39, 0.29) is 5.92 Å². The molecule has 2 aromatic heterocycles. The van der Waals surface area contributed by atoms with Crippen LogP contribution in [0.1, 0.15) is 35.8 Å². The molecule has 0 aliphatic carbocycles. The first kappa shape index (κ1) is 18.0. The van der Waals surface area contributed by atoms with Gasteiger partial charge in [0.1, 0.15) is 0 Å². The molecular formula is C16H24N6O2S. The number of H-pyrrole nitrogens is 1. The lowest BCUT2D eigenvalue weighted by Crippen LogP contribution is -2.45. The Balaban J connectivity index is 1.98. The van der Waals surface area contributed by atoms with Gasteiger partial charge in [-0.25, -0.2) is 0 Å². The Hall–Kier alpha value is -1.84. The monoisotopic (exact) mass is 364 g/mol. The van der Waals surface area contributed by atoms with E-state index < -0.39 is 10.2 Å². The maximum absolute atomic E-state index is 12.5. The topological polar surface area (TPSA) is 95.1 Å². The lowest BCUT2D eigenvalue weighted by Gasteiger charge is -2.33. The molecule has 1 aliphatic heterocycles. The summed E-state index contributed by atoms with van der Waals surface area (Å²) < 4.78 is 27.8. The summed E-state index contributed by atoms with van der Waals surface area (Å²) >= 11 is 0. The van der Waals surface area contributed by atoms with E-state index in [1.807, 2.05) is 13.8 Å². The van der Waals surface area contributed by atoms with Crippen molar-refractivity contribution in [3.05, 3.63) is 29.5 Å². The number of nitrogens with one attached hydrogen (secondary N) is 1. The summed E-state index contributed by atoms with van der Waals surface area (Å²) in [5, 5.41) is 7.23. The van der Waals surface area contributed by atoms with Gasteiger partial charge in [0.05, 0.1) is 17.1 Å². The summed E-state index contributed by atoms with van der Waals surface area (Å²) in [5.74, 6) is 0.0147. The number of rotatable bonds is 4. The van der Waals surface area contributed by atoms with Gasteiger partial charge in [0, 0.05) is 56.8 Å². The summed E-state index contributed by atoms with van der Waals surface area (Å²) in [4.78, 5) is 9.10. The molecule has 1 fully saturated rings. The molecule has 0 spiro atoms. The van der Waals surface area contributed by atoms with Crippen LogP contribution in [0.4, 0.5) is 0 Å². The molecule has 1 atom stereocenters. The molecule has 1 saturated heterocycles. The van der Waals surface area contributed by atoms with Gasteiger partial charge in [0.25, 0.3) is 10.2 Å². The fraction of sp³-hybridized carbons (Fsp3) is 0.562. The van der Waals surface area contributed by atoms with Gasteiger partial charge < -0.3 is 0 Å². The average molecular weight is 364 g/mol. The van der Waals surface area contributed by atoms with Crippen molar-refractivity contribution in [3.63, 3.8) is 0 Å². The van der Waals surface area contributed by atoms with E-state index in [2.05, 4.69) is 20.2 Å². The zero-order chi connectivity index (χ0) is 18.2. The minimum atomic E-state index is -3.42. The van der Waals surface area contributed by atoms with Crippen LogP contribution in [0.3, 0.4) is 0 Å². The van der Waals surface area contributed by atoms with Crippen LogP contribution in [-0.4, -0.2) is 64.4 Å². The van der Waals surface area contributed by atoms with Gasteiger partial charge in [-0.2, -0.15) is 22.1 Å². The summed E-state index contributed by atoms with van der Waals surface area (Å²) in [6, 6.07) is 0. The second-order valence-corrected chi connectivity index (χ2v) is 8.73. The third kappa shape index (κ3) is 3.31. The van der Waals surface area contributed by atoms with Crippen LogP contribution in [0.25, 0.3) is 11.3 Å². The van der Waals surface area contributed by atoms with Crippen LogP contribution >= 0.6 is 0 Å². The normalized spacial score (nSPS) is 19.5. The predicted octanol–water partition coefficient (Wildman–Crippen LogP) is 1.47. The van der Waals surface area contributed by atoms with Gasteiger partial charge in [-0.05, 0) is 26.7 Å². The first-order chi connectivity index (χ1) is 11.8. The standard InChI is InChI=1S/C16H24N6O2S/c1-11-14(12(2)20-19-11)16-15(17-7-8-18-16)13-6-5-9-22(10-13)25(23,24)21(3)4/h7-8,13H,5-6,9-10H2,1-4H3,(H,19,20)/t13-/m1/s1. The third-order valence-electron chi connectivity index (χ3n) is 4.65. The largest absolute Gasteiger partial charge is 0.282 e. The highest BCUT2D eigenvalue weighted by atomic mass is 32.2. The molecule has 1 N–H and O–H groups in total. The van der Waals surface area contributed by atoms with Gasteiger partial charge in [0.2, 0.25) is 0 Å². The SMILES string of the molecule is Cc1n[nH]c(C)c1-c1nccnc1[C@@H]1CCCN(S(=O)(=O)N(C)C)C1. The lowest BCUT2D eigenvalue weighted by molar-refractivity contribution is 0.296. The van der Waals surface area contributed by atoms with E-state index in [1.165, 1.54) is 8.61 Å². The Morgan fingerprint density at radius 3 is 2.60 bits per heavy atom. The fourth-order valence-corrected chi connectivity index (χ4v) is 4.54.